The number of likely N-dealkylation sites (tertiary alicyclic amines) is 1. The summed E-state index contributed by atoms with van der Waals surface area (Å²) in [6, 6.07) is 6.22. The summed E-state index contributed by atoms with van der Waals surface area (Å²) in [6.07, 6.45) is 2.95. The van der Waals surface area contributed by atoms with Gasteiger partial charge in [0.2, 0.25) is 0 Å². The van der Waals surface area contributed by atoms with Crippen molar-refractivity contribution in [3.05, 3.63) is 29.8 Å². The summed E-state index contributed by atoms with van der Waals surface area (Å²) in [6.45, 7) is 1.36. The smallest absolute Gasteiger partial charge is 0.253 e. The monoisotopic (exact) mass is 315 g/mol. The van der Waals surface area contributed by atoms with E-state index in [0.29, 0.717) is 30.5 Å². The Kier molecular flexibility index (Phi) is 4.70. The fourth-order valence-corrected chi connectivity index (χ4v) is 3.31. The molecular formula is C14H18ClNO3S. The van der Waals surface area contributed by atoms with Crippen molar-refractivity contribution >= 4 is 27.3 Å². The van der Waals surface area contributed by atoms with Crippen LogP contribution in [0.5, 0.6) is 0 Å². The minimum absolute atomic E-state index is 0.108. The molecule has 1 aromatic rings. The Morgan fingerprint density at radius 2 is 2.00 bits per heavy atom. The summed E-state index contributed by atoms with van der Waals surface area (Å²) in [5.74, 6) is 0.998. The number of amides is 1. The number of sulfone groups is 1. The van der Waals surface area contributed by atoms with Crippen molar-refractivity contribution in [2.45, 2.75) is 17.7 Å². The lowest BCUT2D eigenvalue weighted by Crippen LogP contribution is -2.38. The first-order chi connectivity index (χ1) is 9.41. The summed E-state index contributed by atoms with van der Waals surface area (Å²) >= 11 is 5.83. The molecule has 0 radical (unpaired) electrons. The van der Waals surface area contributed by atoms with Gasteiger partial charge in [-0.3, -0.25) is 4.79 Å². The minimum Gasteiger partial charge on any atom is -0.339 e. The van der Waals surface area contributed by atoms with E-state index in [4.69, 9.17) is 11.6 Å². The topological polar surface area (TPSA) is 54.5 Å². The molecule has 0 atom stereocenters. The van der Waals surface area contributed by atoms with Crippen LogP contribution in [-0.2, 0) is 9.84 Å². The van der Waals surface area contributed by atoms with E-state index in [9.17, 15) is 13.2 Å². The van der Waals surface area contributed by atoms with Crippen LogP contribution in [0.4, 0.5) is 0 Å². The largest absolute Gasteiger partial charge is 0.339 e. The van der Waals surface area contributed by atoms with Gasteiger partial charge in [0.25, 0.3) is 5.91 Å². The van der Waals surface area contributed by atoms with Crippen molar-refractivity contribution in [3.8, 4) is 0 Å². The Balaban J connectivity index is 2.14. The van der Waals surface area contributed by atoms with Crippen LogP contribution < -0.4 is 0 Å². The van der Waals surface area contributed by atoms with Gasteiger partial charge in [-0.2, -0.15) is 0 Å². The molecule has 0 aliphatic carbocycles. The average Bonchev–Trinajstić information content (AvgIpc) is 2.46. The number of nitrogens with zero attached hydrogens (tertiary/aromatic N) is 1. The van der Waals surface area contributed by atoms with E-state index in [1.54, 1.807) is 17.0 Å². The number of carbonyl (C=O) groups is 1. The molecule has 1 heterocycles. The van der Waals surface area contributed by atoms with Gasteiger partial charge >= 0.3 is 0 Å². The van der Waals surface area contributed by atoms with Crippen LogP contribution in [0.1, 0.15) is 23.2 Å². The number of carbonyl (C=O) groups excluding carboxylic acids is 1. The quantitative estimate of drug-likeness (QED) is 0.803. The predicted molar refractivity (Wildman–Crippen MR) is 78.9 cm³/mol. The van der Waals surface area contributed by atoms with Crippen molar-refractivity contribution in [2.75, 3.05) is 25.2 Å². The van der Waals surface area contributed by atoms with Crippen molar-refractivity contribution in [1.29, 1.82) is 0 Å². The highest BCUT2D eigenvalue weighted by atomic mass is 35.5. The third-order valence-electron chi connectivity index (χ3n) is 3.63. The maximum Gasteiger partial charge on any atom is 0.253 e. The fraction of sp³-hybridized carbons (Fsp3) is 0.500. The highest BCUT2D eigenvalue weighted by molar-refractivity contribution is 7.90. The Morgan fingerprint density at radius 1 is 1.35 bits per heavy atom. The molecule has 1 aliphatic heterocycles. The Hall–Kier alpha value is -1.07. The molecule has 1 aromatic carbocycles. The zero-order chi connectivity index (χ0) is 14.8. The molecule has 0 unspecified atom stereocenters. The van der Waals surface area contributed by atoms with Crippen molar-refractivity contribution < 1.29 is 13.2 Å². The first-order valence-electron chi connectivity index (χ1n) is 6.57. The average molecular weight is 316 g/mol. The van der Waals surface area contributed by atoms with Gasteiger partial charge in [-0.15, -0.1) is 11.6 Å². The summed E-state index contributed by atoms with van der Waals surface area (Å²) in [7, 11) is -3.29. The molecule has 4 nitrogen and oxygen atoms in total. The number of hydrogen-bond acceptors (Lipinski definition) is 3. The molecule has 0 N–H and O–H groups in total. The van der Waals surface area contributed by atoms with E-state index in [2.05, 4.69) is 0 Å². The number of benzene rings is 1. The molecule has 1 fully saturated rings. The molecule has 6 heteroatoms. The highest BCUT2D eigenvalue weighted by Gasteiger charge is 2.23. The maximum atomic E-state index is 12.4. The zero-order valence-electron chi connectivity index (χ0n) is 11.4. The molecule has 0 saturated carbocycles. The Morgan fingerprint density at radius 3 is 2.55 bits per heavy atom. The molecule has 1 aliphatic rings. The van der Waals surface area contributed by atoms with Crippen LogP contribution in [0.25, 0.3) is 0 Å². The summed E-state index contributed by atoms with van der Waals surface area (Å²) < 4.78 is 23.1. The molecular weight excluding hydrogens is 298 g/mol. The normalized spacial score (nSPS) is 17.2. The summed E-state index contributed by atoms with van der Waals surface area (Å²) in [5.41, 5.74) is 0.428. The van der Waals surface area contributed by atoms with Gasteiger partial charge in [0, 0.05) is 30.8 Å². The molecule has 1 saturated heterocycles. The lowest BCUT2D eigenvalue weighted by molar-refractivity contribution is 0.0698. The lowest BCUT2D eigenvalue weighted by Gasteiger charge is -2.31. The van der Waals surface area contributed by atoms with Gasteiger partial charge in [-0.1, -0.05) is 6.07 Å². The molecule has 110 valence electrons. The molecule has 0 spiro atoms. The van der Waals surface area contributed by atoms with E-state index >= 15 is 0 Å². The number of alkyl halides is 1. The van der Waals surface area contributed by atoms with E-state index in [-0.39, 0.29) is 10.8 Å². The molecule has 0 aromatic heterocycles. The number of hydrogen-bond donors (Lipinski definition) is 0. The van der Waals surface area contributed by atoms with Crippen LogP contribution in [0.15, 0.2) is 29.2 Å². The SMILES string of the molecule is CS(=O)(=O)c1cccc(C(=O)N2CCC(CCl)CC2)c1. The maximum absolute atomic E-state index is 12.4. The number of halogens is 1. The van der Waals surface area contributed by atoms with Crippen LogP contribution in [0.2, 0.25) is 0 Å². The standard InChI is InChI=1S/C14H18ClNO3S/c1-20(18,19)13-4-2-3-12(9-13)14(17)16-7-5-11(10-15)6-8-16/h2-4,9,11H,5-8,10H2,1H3. The van der Waals surface area contributed by atoms with Crippen molar-refractivity contribution in [2.24, 2.45) is 5.92 Å². The van der Waals surface area contributed by atoms with E-state index < -0.39 is 9.84 Å². The van der Waals surface area contributed by atoms with Crippen molar-refractivity contribution in [1.82, 2.24) is 4.90 Å². The fourth-order valence-electron chi connectivity index (χ4n) is 2.33. The van der Waals surface area contributed by atoms with Crippen LogP contribution in [-0.4, -0.2) is 44.5 Å². The zero-order valence-corrected chi connectivity index (χ0v) is 13.0. The number of piperidine rings is 1. The van der Waals surface area contributed by atoms with Crippen LogP contribution in [0.3, 0.4) is 0 Å². The molecule has 1 amide bonds. The minimum atomic E-state index is -3.29. The lowest BCUT2D eigenvalue weighted by atomic mass is 9.98. The Bertz CT molecular complexity index is 592. The number of rotatable bonds is 3. The van der Waals surface area contributed by atoms with Crippen LogP contribution >= 0.6 is 11.6 Å². The molecule has 2 rings (SSSR count). The first-order valence-corrected chi connectivity index (χ1v) is 9.00. The van der Waals surface area contributed by atoms with Gasteiger partial charge in [-0.05, 0) is 37.0 Å². The third kappa shape index (κ3) is 3.52. The summed E-state index contributed by atoms with van der Waals surface area (Å²) in [4.78, 5) is 14.3. The second kappa shape index (κ2) is 6.14. The highest BCUT2D eigenvalue weighted by Crippen LogP contribution is 2.21. The van der Waals surface area contributed by atoms with Gasteiger partial charge in [0.15, 0.2) is 9.84 Å². The van der Waals surface area contributed by atoms with Crippen molar-refractivity contribution in [3.63, 3.8) is 0 Å². The van der Waals surface area contributed by atoms with E-state index in [1.807, 2.05) is 0 Å². The van der Waals surface area contributed by atoms with Gasteiger partial charge in [0.1, 0.15) is 0 Å². The van der Waals surface area contributed by atoms with Gasteiger partial charge in [-0.25, -0.2) is 8.42 Å². The molecule has 20 heavy (non-hydrogen) atoms. The molecule has 0 bridgehead atoms. The third-order valence-corrected chi connectivity index (χ3v) is 5.18. The van der Waals surface area contributed by atoms with Crippen LogP contribution in [0, 0.1) is 5.92 Å². The first kappa shape index (κ1) is 15.3. The second-order valence-electron chi connectivity index (χ2n) is 5.19. The predicted octanol–water partition coefficient (Wildman–Crippen LogP) is 2.18. The van der Waals surface area contributed by atoms with E-state index in [0.717, 1.165) is 19.1 Å². The summed E-state index contributed by atoms with van der Waals surface area (Å²) in [5, 5.41) is 0. The van der Waals surface area contributed by atoms with E-state index in [1.165, 1.54) is 12.1 Å². The van der Waals surface area contributed by atoms with Gasteiger partial charge < -0.3 is 4.90 Å². The van der Waals surface area contributed by atoms with Gasteiger partial charge in [0.05, 0.1) is 4.90 Å². The second-order valence-corrected chi connectivity index (χ2v) is 7.51. The Labute approximate surface area is 124 Å².